The summed E-state index contributed by atoms with van der Waals surface area (Å²) >= 11 is 1.99. The molecule has 1 N–H and O–H groups in total. The van der Waals surface area contributed by atoms with Crippen LogP contribution in [0.5, 0.6) is 0 Å². The van der Waals surface area contributed by atoms with E-state index in [-0.39, 0.29) is 17.3 Å². The fourth-order valence-electron chi connectivity index (χ4n) is 3.77. The molecule has 1 saturated carbocycles. The number of hydrogen-bond donors (Lipinski definition) is 1. The van der Waals surface area contributed by atoms with Gasteiger partial charge in [0.2, 0.25) is 0 Å². The molecule has 1 aliphatic carbocycles. The predicted molar refractivity (Wildman–Crippen MR) is 72.9 cm³/mol. The van der Waals surface area contributed by atoms with Crippen LogP contribution in [0.1, 0.15) is 38.5 Å². The minimum atomic E-state index is -0.303. The highest BCUT2D eigenvalue weighted by Crippen LogP contribution is 2.47. The summed E-state index contributed by atoms with van der Waals surface area (Å²) < 4.78 is 11.7. The van der Waals surface area contributed by atoms with Gasteiger partial charge in [0.05, 0.1) is 17.3 Å². The summed E-state index contributed by atoms with van der Waals surface area (Å²) in [5, 5.41) is 10.7. The predicted octanol–water partition coefficient (Wildman–Crippen LogP) is 2.22. The molecule has 3 unspecified atom stereocenters. The SMILES string of the molecule is COC1(C(O)C2CCOC3(CCSC3)C2)CCC1. The van der Waals surface area contributed by atoms with Gasteiger partial charge in [0, 0.05) is 19.5 Å². The lowest BCUT2D eigenvalue weighted by molar-refractivity contribution is -0.190. The summed E-state index contributed by atoms with van der Waals surface area (Å²) in [6.07, 6.45) is 6.08. The van der Waals surface area contributed by atoms with Gasteiger partial charge < -0.3 is 14.6 Å². The monoisotopic (exact) mass is 272 g/mol. The average Bonchev–Trinajstić information content (AvgIpc) is 2.76. The summed E-state index contributed by atoms with van der Waals surface area (Å²) in [5.74, 6) is 2.67. The smallest absolute Gasteiger partial charge is 0.0939 e. The first-order valence-electron chi connectivity index (χ1n) is 7.15. The Kier molecular flexibility index (Phi) is 3.65. The van der Waals surface area contributed by atoms with Gasteiger partial charge >= 0.3 is 0 Å². The van der Waals surface area contributed by atoms with Gasteiger partial charge in [-0.2, -0.15) is 11.8 Å². The van der Waals surface area contributed by atoms with Gasteiger partial charge in [-0.15, -0.1) is 0 Å². The number of aliphatic hydroxyl groups is 1. The number of rotatable bonds is 3. The molecule has 0 aromatic carbocycles. The minimum absolute atomic E-state index is 0.0627. The van der Waals surface area contributed by atoms with E-state index in [4.69, 9.17) is 9.47 Å². The van der Waals surface area contributed by atoms with Crippen molar-refractivity contribution < 1.29 is 14.6 Å². The summed E-state index contributed by atoms with van der Waals surface area (Å²) in [4.78, 5) is 0. The van der Waals surface area contributed by atoms with Crippen LogP contribution in [0, 0.1) is 5.92 Å². The molecule has 18 heavy (non-hydrogen) atoms. The Morgan fingerprint density at radius 3 is 2.78 bits per heavy atom. The number of ether oxygens (including phenoxy) is 2. The van der Waals surface area contributed by atoms with Gasteiger partial charge in [0.25, 0.3) is 0 Å². The van der Waals surface area contributed by atoms with Crippen molar-refractivity contribution in [3.8, 4) is 0 Å². The molecular weight excluding hydrogens is 248 g/mol. The highest BCUT2D eigenvalue weighted by atomic mass is 32.2. The second kappa shape index (κ2) is 4.97. The van der Waals surface area contributed by atoms with Crippen LogP contribution in [0.15, 0.2) is 0 Å². The van der Waals surface area contributed by atoms with Gasteiger partial charge in [0.1, 0.15) is 0 Å². The molecular formula is C14H24O3S. The maximum atomic E-state index is 10.7. The topological polar surface area (TPSA) is 38.7 Å². The molecule has 2 heterocycles. The van der Waals surface area contributed by atoms with Crippen molar-refractivity contribution in [3.05, 3.63) is 0 Å². The van der Waals surface area contributed by atoms with E-state index >= 15 is 0 Å². The van der Waals surface area contributed by atoms with E-state index in [9.17, 15) is 5.11 Å². The normalized spacial score (nSPS) is 40.7. The molecule has 2 saturated heterocycles. The first-order valence-corrected chi connectivity index (χ1v) is 8.30. The van der Waals surface area contributed by atoms with Crippen LogP contribution in [0.25, 0.3) is 0 Å². The van der Waals surface area contributed by atoms with Crippen molar-refractivity contribution >= 4 is 11.8 Å². The van der Waals surface area contributed by atoms with Crippen LogP contribution in [0.2, 0.25) is 0 Å². The summed E-state index contributed by atoms with van der Waals surface area (Å²) in [6.45, 7) is 0.808. The van der Waals surface area contributed by atoms with E-state index in [1.807, 2.05) is 11.8 Å². The zero-order valence-corrected chi connectivity index (χ0v) is 12.0. The van der Waals surface area contributed by atoms with Gasteiger partial charge in [0.15, 0.2) is 0 Å². The third-order valence-electron chi connectivity index (χ3n) is 5.19. The van der Waals surface area contributed by atoms with Crippen LogP contribution in [0.4, 0.5) is 0 Å². The summed E-state index contributed by atoms with van der Waals surface area (Å²) in [5.41, 5.74) is -0.178. The second-order valence-corrected chi connectivity index (χ2v) is 7.26. The first-order chi connectivity index (χ1) is 8.70. The standard InChI is InChI=1S/C14H24O3S/c1-16-14(4-2-5-14)12(15)11-3-7-17-13(9-11)6-8-18-10-13/h11-12,15H,2-10H2,1H3. The molecule has 2 aliphatic heterocycles. The molecule has 4 heteroatoms. The van der Waals surface area contributed by atoms with Gasteiger partial charge in [-0.3, -0.25) is 0 Å². The number of thioether (sulfide) groups is 1. The van der Waals surface area contributed by atoms with E-state index in [2.05, 4.69) is 0 Å². The van der Waals surface area contributed by atoms with Crippen LogP contribution in [-0.2, 0) is 9.47 Å². The summed E-state index contributed by atoms with van der Waals surface area (Å²) in [6, 6.07) is 0. The Hall–Kier alpha value is 0.230. The van der Waals surface area contributed by atoms with Crippen LogP contribution >= 0.6 is 11.8 Å². The fraction of sp³-hybridized carbons (Fsp3) is 1.00. The lowest BCUT2D eigenvalue weighted by Gasteiger charge is -2.49. The molecule has 3 atom stereocenters. The Bertz CT molecular complexity index is 292. The highest BCUT2D eigenvalue weighted by molar-refractivity contribution is 7.99. The largest absolute Gasteiger partial charge is 0.390 e. The molecule has 3 fully saturated rings. The molecule has 0 radical (unpaired) electrons. The zero-order valence-electron chi connectivity index (χ0n) is 11.2. The Balaban J connectivity index is 1.68. The number of aliphatic hydroxyl groups excluding tert-OH is 1. The van der Waals surface area contributed by atoms with Crippen molar-refractivity contribution in [1.82, 2.24) is 0 Å². The van der Waals surface area contributed by atoms with Crippen LogP contribution in [0.3, 0.4) is 0 Å². The fourth-order valence-corrected chi connectivity index (χ4v) is 5.15. The Morgan fingerprint density at radius 1 is 1.39 bits per heavy atom. The lowest BCUT2D eigenvalue weighted by Crippen LogP contribution is -2.56. The zero-order chi connectivity index (χ0) is 12.6. The van der Waals surface area contributed by atoms with Crippen molar-refractivity contribution in [2.24, 2.45) is 5.92 Å². The van der Waals surface area contributed by atoms with E-state index in [1.54, 1.807) is 7.11 Å². The van der Waals surface area contributed by atoms with Crippen LogP contribution in [-0.4, -0.2) is 47.6 Å². The lowest BCUT2D eigenvalue weighted by atomic mass is 9.68. The molecule has 0 bridgehead atoms. The van der Waals surface area contributed by atoms with E-state index < -0.39 is 0 Å². The van der Waals surface area contributed by atoms with Gasteiger partial charge in [-0.25, -0.2) is 0 Å². The van der Waals surface area contributed by atoms with E-state index in [1.165, 1.54) is 12.2 Å². The van der Waals surface area contributed by atoms with Crippen LogP contribution < -0.4 is 0 Å². The third-order valence-corrected chi connectivity index (χ3v) is 6.41. The van der Waals surface area contributed by atoms with Gasteiger partial charge in [-0.1, -0.05) is 0 Å². The Morgan fingerprint density at radius 2 is 2.22 bits per heavy atom. The molecule has 3 aliphatic rings. The molecule has 1 spiro atoms. The molecule has 3 nitrogen and oxygen atoms in total. The number of methoxy groups -OCH3 is 1. The van der Waals surface area contributed by atoms with Crippen molar-refractivity contribution in [2.75, 3.05) is 25.2 Å². The van der Waals surface area contributed by atoms with E-state index in [0.29, 0.717) is 5.92 Å². The van der Waals surface area contributed by atoms with Crippen molar-refractivity contribution in [2.45, 2.75) is 55.8 Å². The van der Waals surface area contributed by atoms with Gasteiger partial charge in [-0.05, 0) is 50.2 Å². The first kappa shape index (κ1) is 13.2. The van der Waals surface area contributed by atoms with Crippen molar-refractivity contribution in [1.29, 1.82) is 0 Å². The molecule has 104 valence electrons. The molecule has 0 amide bonds. The molecule has 0 aromatic heterocycles. The maximum absolute atomic E-state index is 10.7. The maximum Gasteiger partial charge on any atom is 0.0939 e. The second-order valence-electron chi connectivity index (χ2n) is 6.15. The van der Waals surface area contributed by atoms with E-state index in [0.717, 1.165) is 44.5 Å². The molecule has 0 aromatic rings. The minimum Gasteiger partial charge on any atom is -0.390 e. The Labute approximate surface area is 114 Å². The highest BCUT2D eigenvalue weighted by Gasteiger charge is 2.50. The van der Waals surface area contributed by atoms with Crippen molar-refractivity contribution in [3.63, 3.8) is 0 Å². The molecule has 3 rings (SSSR count). The number of hydrogen-bond acceptors (Lipinski definition) is 4. The quantitative estimate of drug-likeness (QED) is 0.855. The third kappa shape index (κ3) is 2.11. The summed E-state index contributed by atoms with van der Waals surface area (Å²) in [7, 11) is 1.75. The average molecular weight is 272 g/mol.